The van der Waals surface area contributed by atoms with Crippen molar-refractivity contribution in [2.75, 3.05) is 11.9 Å². The van der Waals surface area contributed by atoms with Crippen LogP contribution in [0.2, 0.25) is 0 Å². The number of alkyl halides is 3. The minimum absolute atomic E-state index is 0.126. The van der Waals surface area contributed by atoms with Gasteiger partial charge < -0.3 is 10.6 Å². The van der Waals surface area contributed by atoms with Crippen LogP contribution in [0.5, 0.6) is 0 Å². The van der Waals surface area contributed by atoms with Gasteiger partial charge in [0, 0.05) is 18.5 Å². The molecule has 5 nitrogen and oxygen atoms in total. The number of anilines is 1. The van der Waals surface area contributed by atoms with Crippen molar-refractivity contribution in [2.24, 2.45) is 0 Å². The number of hydrogen-bond donors (Lipinski definition) is 2. The van der Waals surface area contributed by atoms with Gasteiger partial charge in [-0.15, -0.1) is 0 Å². The molecular weight excluding hydrogens is 333 g/mol. The molecule has 8 heteroatoms. The lowest BCUT2D eigenvalue weighted by Gasteiger charge is -2.26. The van der Waals surface area contributed by atoms with Gasteiger partial charge in [-0.3, -0.25) is 4.79 Å². The van der Waals surface area contributed by atoms with Gasteiger partial charge in [0.05, 0.1) is 24.3 Å². The van der Waals surface area contributed by atoms with E-state index in [-0.39, 0.29) is 11.9 Å². The minimum Gasteiger partial charge on any atom is -0.368 e. The molecular formula is C17H17F3N4O. The highest BCUT2D eigenvalue weighted by Crippen LogP contribution is 2.30. The Kier molecular flexibility index (Phi) is 4.52. The predicted octanol–water partition coefficient (Wildman–Crippen LogP) is 2.59. The Morgan fingerprint density at radius 1 is 1.48 bits per heavy atom. The van der Waals surface area contributed by atoms with Crippen LogP contribution < -0.4 is 10.6 Å². The van der Waals surface area contributed by atoms with Crippen LogP contribution >= 0.6 is 0 Å². The molecule has 0 fully saturated rings. The lowest BCUT2D eigenvalue weighted by Crippen LogP contribution is -2.45. The molecule has 0 radical (unpaired) electrons. The Balaban J connectivity index is 1.75. The van der Waals surface area contributed by atoms with Crippen LogP contribution in [0.15, 0.2) is 43.1 Å². The Labute approximate surface area is 142 Å². The van der Waals surface area contributed by atoms with Gasteiger partial charge in [-0.25, -0.2) is 4.68 Å². The molecule has 132 valence electrons. The third-order valence-corrected chi connectivity index (χ3v) is 4.01. The highest BCUT2D eigenvalue weighted by Gasteiger charge is 2.30. The Morgan fingerprint density at radius 2 is 2.28 bits per heavy atom. The number of carbonyl (C=O) groups excluding carboxylic acids is 1. The normalized spacial score (nSPS) is 16.7. The van der Waals surface area contributed by atoms with E-state index in [0.717, 1.165) is 23.5 Å². The van der Waals surface area contributed by atoms with E-state index in [9.17, 15) is 18.0 Å². The fourth-order valence-electron chi connectivity index (χ4n) is 2.82. The maximum absolute atomic E-state index is 12.8. The molecule has 1 aromatic carbocycles. The third kappa shape index (κ3) is 3.84. The lowest BCUT2D eigenvalue weighted by molar-refractivity contribution is -0.137. The standard InChI is InChI=1S/C17H17F3N4O/c1-2-15(25)23-14-9-21-16-12(8-22-24(16)10-14)6-11-4-3-5-13(7-11)17(18,19)20/h2-5,7-8,14,21H,1,6,9-10H2,(H,23,25). The average Bonchev–Trinajstić information content (AvgIpc) is 2.96. The number of fused-ring (bicyclic) bond motifs is 1. The van der Waals surface area contributed by atoms with Crippen molar-refractivity contribution in [2.45, 2.75) is 25.2 Å². The number of amides is 1. The second kappa shape index (κ2) is 6.62. The molecule has 0 saturated carbocycles. The van der Waals surface area contributed by atoms with Crippen molar-refractivity contribution in [3.63, 3.8) is 0 Å². The molecule has 3 rings (SSSR count). The van der Waals surface area contributed by atoms with Crippen LogP contribution in [-0.4, -0.2) is 28.3 Å². The van der Waals surface area contributed by atoms with Gasteiger partial charge >= 0.3 is 6.18 Å². The molecule has 1 unspecified atom stereocenters. The topological polar surface area (TPSA) is 59.0 Å². The van der Waals surface area contributed by atoms with Gasteiger partial charge in [-0.2, -0.15) is 18.3 Å². The maximum Gasteiger partial charge on any atom is 0.416 e. The molecule has 0 saturated heterocycles. The molecule has 1 aromatic heterocycles. The molecule has 2 N–H and O–H groups in total. The molecule has 0 bridgehead atoms. The molecule has 2 heterocycles. The second-order valence-electron chi connectivity index (χ2n) is 5.87. The summed E-state index contributed by atoms with van der Waals surface area (Å²) in [7, 11) is 0. The fourth-order valence-corrected chi connectivity index (χ4v) is 2.82. The highest BCUT2D eigenvalue weighted by molar-refractivity contribution is 5.87. The summed E-state index contributed by atoms with van der Waals surface area (Å²) in [5.41, 5.74) is 0.716. The van der Waals surface area contributed by atoms with Crippen LogP contribution in [0.4, 0.5) is 19.0 Å². The Hall–Kier alpha value is -2.77. The first-order valence-electron chi connectivity index (χ1n) is 7.74. The van der Waals surface area contributed by atoms with E-state index in [1.807, 2.05) is 0 Å². The van der Waals surface area contributed by atoms with Crippen molar-refractivity contribution in [3.05, 3.63) is 59.8 Å². The van der Waals surface area contributed by atoms with Crippen LogP contribution in [0.1, 0.15) is 16.7 Å². The van der Waals surface area contributed by atoms with Crippen LogP contribution in [-0.2, 0) is 23.9 Å². The zero-order valence-corrected chi connectivity index (χ0v) is 13.3. The molecule has 1 amide bonds. The largest absolute Gasteiger partial charge is 0.416 e. The van der Waals surface area contributed by atoms with Gasteiger partial charge in [-0.05, 0) is 17.7 Å². The molecule has 0 spiro atoms. The molecule has 1 atom stereocenters. The molecule has 1 aliphatic heterocycles. The lowest BCUT2D eigenvalue weighted by atomic mass is 10.0. The predicted molar refractivity (Wildman–Crippen MR) is 87.1 cm³/mol. The summed E-state index contributed by atoms with van der Waals surface area (Å²) in [5.74, 6) is 0.508. The van der Waals surface area contributed by atoms with Crippen LogP contribution in [0.3, 0.4) is 0 Å². The number of nitrogens with zero attached hydrogens (tertiary/aromatic N) is 2. The summed E-state index contributed by atoms with van der Waals surface area (Å²) in [6, 6.07) is 5.15. The van der Waals surface area contributed by atoms with Crippen molar-refractivity contribution in [3.8, 4) is 0 Å². The molecule has 0 aliphatic carbocycles. The van der Waals surface area contributed by atoms with Crippen molar-refractivity contribution in [1.82, 2.24) is 15.1 Å². The van der Waals surface area contributed by atoms with Gasteiger partial charge in [0.2, 0.25) is 5.91 Å². The fraction of sp³-hybridized carbons (Fsp3) is 0.294. The molecule has 2 aromatic rings. The van der Waals surface area contributed by atoms with Gasteiger partial charge in [0.1, 0.15) is 5.82 Å². The Morgan fingerprint density at radius 3 is 3.00 bits per heavy atom. The monoisotopic (exact) mass is 350 g/mol. The first kappa shape index (κ1) is 17.1. The van der Waals surface area contributed by atoms with E-state index < -0.39 is 11.7 Å². The SMILES string of the molecule is C=CC(=O)NC1CNc2c(Cc3cccc(C(F)(F)F)c3)cnn2C1. The zero-order valence-electron chi connectivity index (χ0n) is 13.3. The summed E-state index contributed by atoms with van der Waals surface area (Å²) in [4.78, 5) is 11.4. The number of nitrogens with one attached hydrogen (secondary N) is 2. The maximum atomic E-state index is 12.8. The second-order valence-corrected chi connectivity index (χ2v) is 5.87. The van der Waals surface area contributed by atoms with Crippen LogP contribution in [0.25, 0.3) is 0 Å². The number of rotatable bonds is 4. The van der Waals surface area contributed by atoms with Crippen LogP contribution in [0, 0.1) is 0 Å². The molecule has 1 aliphatic rings. The quantitative estimate of drug-likeness (QED) is 0.834. The van der Waals surface area contributed by atoms with Crippen molar-refractivity contribution < 1.29 is 18.0 Å². The number of hydrogen-bond acceptors (Lipinski definition) is 3. The minimum atomic E-state index is -4.36. The summed E-state index contributed by atoms with van der Waals surface area (Å²) < 4.78 is 40.2. The van der Waals surface area contributed by atoms with Gasteiger partial charge in [-0.1, -0.05) is 24.8 Å². The number of aromatic nitrogens is 2. The van der Waals surface area contributed by atoms with Gasteiger partial charge in [0.15, 0.2) is 0 Å². The average molecular weight is 350 g/mol. The van der Waals surface area contributed by atoms with E-state index in [0.29, 0.717) is 25.1 Å². The first-order valence-corrected chi connectivity index (χ1v) is 7.74. The summed E-state index contributed by atoms with van der Waals surface area (Å²) in [5, 5.41) is 10.2. The van der Waals surface area contributed by atoms with E-state index in [2.05, 4.69) is 22.3 Å². The number of carbonyl (C=O) groups is 1. The summed E-state index contributed by atoms with van der Waals surface area (Å²) in [6.45, 7) is 4.42. The number of benzene rings is 1. The van der Waals surface area contributed by atoms with E-state index >= 15 is 0 Å². The molecule has 25 heavy (non-hydrogen) atoms. The van der Waals surface area contributed by atoms with Crippen molar-refractivity contribution in [1.29, 1.82) is 0 Å². The summed E-state index contributed by atoms with van der Waals surface area (Å²) in [6.07, 6.45) is -1.17. The smallest absolute Gasteiger partial charge is 0.368 e. The van der Waals surface area contributed by atoms with E-state index in [4.69, 9.17) is 0 Å². The van der Waals surface area contributed by atoms with E-state index in [1.54, 1.807) is 16.9 Å². The van der Waals surface area contributed by atoms with E-state index in [1.165, 1.54) is 12.1 Å². The highest BCUT2D eigenvalue weighted by atomic mass is 19.4. The summed E-state index contributed by atoms with van der Waals surface area (Å²) >= 11 is 0. The van der Waals surface area contributed by atoms with Gasteiger partial charge in [0.25, 0.3) is 0 Å². The van der Waals surface area contributed by atoms with Crippen molar-refractivity contribution >= 4 is 11.7 Å². The Bertz CT molecular complexity index is 797. The third-order valence-electron chi connectivity index (χ3n) is 4.01. The number of halogens is 3. The zero-order chi connectivity index (χ0) is 18.0. The first-order chi connectivity index (χ1) is 11.9.